The molecule has 0 aliphatic carbocycles. The van der Waals surface area contributed by atoms with E-state index in [2.05, 4.69) is 39.5 Å². The van der Waals surface area contributed by atoms with Crippen LogP contribution in [-0.4, -0.2) is 34.4 Å². The molecule has 4 heteroatoms. The molecule has 2 fully saturated rings. The van der Waals surface area contributed by atoms with Crippen LogP contribution in [0, 0.1) is 0 Å². The third-order valence-corrected chi connectivity index (χ3v) is 5.98. The molecular formula is C17H23N3S. The van der Waals surface area contributed by atoms with Crippen molar-refractivity contribution in [3.63, 3.8) is 0 Å². The number of benzene rings is 1. The zero-order chi connectivity index (χ0) is 14.1. The Balaban J connectivity index is 1.29. The van der Waals surface area contributed by atoms with Crippen molar-refractivity contribution in [1.82, 2.24) is 4.90 Å². The van der Waals surface area contributed by atoms with Gasteiger partial charge in [-0.1, -0.05) is 36.4 Å². The first-order valence-corrected chi connectivity index (χ1v) is 9.16. The van der Waals surface area contributed by atoms with E-state index in [0.29, 0.717) is 0 Å². The van der Waals surface area contributed by atoms with Crippen molar-refractivity contribution in [2.45, 2.75) is 50.7 Å². The van der Waals surface area contributed by atoms with Crippen LogP contribution in [0.15, 0.2) is 29.3 Å². The number of para-hydroxylation sites is 1. The van der Waals surface area contributed by atoms with Gasteiger partial charge in [-0.3, -0.25) is 9.89 Å². The van der Waals surface area contributed by atoms with Gasteiger partial charge < -0.3 is 5.32 Å². The van der Waals surface area contributed by atoms with Crippen LogP contribution in [0.4, 0.5) is 5.69 Å². The number of rotatable bonds is 3. The smallest absolute Gasteiger partial charge is 0.161 e. The van der Waals surface area contributed by atoms with E-state index in [1.54, 1.807) is 0 Å². The Hall–Kier alpha value is -1.00. The molecule has 0 saturated carbocycles. The highest BCUT2D eigenvalue weighted by Gasteiger charge is 2.35. The SMILES string of the molecule is c1ccc2c(c1)CN=C(SCCN1C3CCCC1CC3)N2. The average Bonchev–Trinajstić information content (AvgIpc) is 2.75. The van der Waals surface area contributed by atoms with Gasteiger partial charge in [0.05, 0.1) is 6.54 Å². The average molecular weight is 301 g/mol. The summed E-state index contributed by atoms with van der Waals surface area (Å²) in [7, 11) is 0. The van der Waals surface area contributed by atoms with Crippen LogP contribution in [0.3, 0.4) is 0 Å². The topological polar surface area (TPSA) is 27.6 Å². The van der Waals surface area contributed by atoms with Gasteiger partial charge in [0.25, 0.3) is 0 Å². The van der Waals surface area contributed by atoms with Crippen molar-refractivity contribution < 1.29 is 0 Å². The lowest BCUT2D eigenvalue weighted by Crippen LogP contribution is -2.41. The molecule has 0 radical (unpaired) electrons. The lowest BCUT2D eigenvalue weighted by atomic mass is 10.0. The van der Waals surface area contributed by atoms with Crippen LogP contribution < -0.4 is 5.32 Å². The van der Waals surface area contributed by atoms with Crippen molar-refractivity contribution in [2.24, 2.45) is 4.99 Å². The normalized spacial score (nSPS) is 27.9. The van der Waals surface area contributed by atoms with Gasteiger partial charge in [-0.25, -0.2) is 0 Å². The number of piperidine rings is 1. The van der Waals surface area contributed by atoms with Gasteiger partial charge in [0.1, 0.15) is 0 Å². The second-order valence-corrected chi connectivity index (χ2v) is 7.39. The van der Waals surface area contributed by atoms with E-state index < -0.39 is 0 Å². The molecule has 21 heavy (non-hydrogen) atoms. The van der Waals surface area contributed by atoms with Crippen LogP contribution in [0.2, 0.25) is 0 Å². The molecule has 2 bridgehead atoms. The zero-order valence-electron chi connectivity index (χ0n) is 12.4. The van der Waals surface area contributed by atoms with Crippen molar-refractivity contribution in [2.75, 3.05) is 17.6 Å². The van der Waals surface area contributed by atoms with Crippen LogP contribution in [0.5, 0.6) is 0 Å². The fourth-order valence-electron chi connectivity index (χ4n) is 4.01. The summed E-state index contributed by atoms with van der Waals surface area (Å²) in [5.41, 5.74) is 2.53. The molecule has 112 valence electrons. The van der Waals surface area contributed by atoms with E-state index in [4.69, 9.17) is 0 Å². The lowest BCUT2D eigenvalue weighted by Gasteiger charge is -2.34. The standard InChI is InChI=1S/C17H23N3S/c1-2-7-16-13(4-1)12-18-17(19-16)21-11-10-20-14-5-3-6-15(20)9-8-14/h1-2,4,7,14-15H,3,5-6,8-12H2,(H,18,19). The largest absolute Gasteiger partial charge is 0.335 e. The fourth-order valence-corrected chi connectivity index (χ4v) is 4.84. The molecule has 3 nitrogen and oxygen atoms in total. The van der Waals surface area contributed by atoms with E-state index in [-0.39, 0.29) is 0 Å². The number of thioether (sulfide) groups is 1. The summed E-state index contributed by atoms with van der Waals surface area (Å²) in [5, 5.41) is 4.56. The maximum atomic E-state index is 4.66. The van der Waals surface area contributed by atoms with Crippen molar-refractivity contribution >= 4 is 22.6 Å². The number of nitrogens with zero attached hydrogens (tertiary/aromatic N) is 2. The molecule has 1 N–H and O–H groups in total. The quantitative estimate of drug-likeness (QED) is 0.922. The molecule has 3 aliphatic rings. The van der Waals surface area contributed by atoms with Gasteiger partial charge in [0.2, 0.25) is 0 Å². The third kappa shape index (κ3) is 2.84. The molecule has 2 saturated heterocycles. The maximum Gasteiger partial charge on any atom is 0.161 e. The van der Waals surface area contributed by atoms with E-state index in [9.17, 15) is 0 Å². The molecule has 3 aliphatic heterocycles. The molecular weight excluding hydrogens is 278 g/mol. The number of aliphatic imine (C=N–C) groups is 1. The van der Waals surface area contributed by atoms with Crippen LogP contribution >= 0.6 is 11.8 Å². The van der Waals surface area contributed by atoms with Crippen LogP contribution in [0.25, 0.3) is 0 Å². The Labute approximate surface area is 131 Å². The van der Waals surface area contributed by atoms with Gasteiger partial charge in [0, 0.05) is 30.1 Å². The molecule has 3 heterocycles. The van der Waals surface area contributed by atoms with E-state index >= 15 is 0 Å². The van der Waals surface area contributed by atoms with Gasteiger partial charge in [-0.05, 0) is 37.3 Å². The first-order chi connectivity index (χ1) is 10.4. The van der Waals surface area contributed by atoms with Crippen LogP contribution in [0.1, 0.15) is 37.7 Å². The highest BCUT2D eigenvalue weighted by atomic mass is 32.2. The maximum absolute atomic E-state index is 4.66. The fraction of sp³-hybridized carbons (Fsp3) is 0.588. The number of fused-ring (bicyclic) bond motifs is 3. The van der Waals surface area contributed by atoms with Crippen molar-refractivity contribution in [1.29, 1.82) is 0 Å². The molecule has 2 atom stereocenters. The Morgan fingerprint density at radius 1 is 1.14 bits per heavy atom. The minimum Gasteiger partial charge on any atom is -0.335 e. The second-order valence-electron chi connectivity index (χ2n) is 6.31. The molecule has 0 spiro atoms. The highest BCUT2D eigenvalue weighted by molar-refractivity contribution is 8.14. The summed E-state index contributed by atoms with van der Waals surface area (Å²) in [5.74, 6) is 1.15. The summed E-state index contributed by atoms with van der Waals surface area (Å²) in [4.78, 5) is 7.43. The first-order valence-electron chi connectivity index (χ1n) is 8.18. The summed E-state index contributed by atoms with van der Waals surface area (Å²) in [6.07, 6.45) is 7.16. The van der Waals surface area contributed by atoms with Gasteiger partial charge in [-0.15, -0.1) is 0 Å². The molecule has 0 aromatic heterocycles. The van der Waals surface area contributed by atoms with Crippen LogP contribution in [-0.2, 0) is 6.54 Å². The first kappa shape index (κ1) is 13.6. The summed E-state index contributed by atoms with van der Waals surface area (Å²) in [6.45, 7) is 2.04. The zero-order valence-corrected chi connectivity index (χ0v) is 13.2. The molecule has 4 rings (SSSR count). The Bertz CT molecular complexity index is 527. The minimum absolute atomic E-state index is 0.820. The number of hydrogen-bond donors (Lipinski definition) is 1. The lowest BCUT2D eigenvalue weighted by molar-refractivity contribution is 0.150. The summed E-state index contributed by atoms with van der Waals surface area (Å²) < 4.78 is 0. The van der Waals surface area contributed by atoms with E-state index in [1.165, 1.54) is 49.9 Å². The predicted octanol–water partition coefficient (Wildman–Crippen LogP) is 3.72. The van der Waals surface area contributed by atoms with Gasteiger partial charge in [-0.2, -0.15) is 0 Å². The van der Waals surface area contributed by atoms with E-state index in [1.807, 2.05) is 11.8 Å². The second kappa shape index (κ2) is 6.01. The molecule has 1 aromatic carbocycles. The molecule has 2 unspecified atom stereocenters. The Morgan fingerprint density at radius 3 is 2.81 bits per heavy atom. The van der Waals surface area contributed by atoms with Gasteiger partial charge >= 0.3 is 0 Å². The monoisotopic (exact) mass is 301 g/mol. The summed E-state index contributed by atoms with van der Waals surface area (Å²) >= 11 is 1.88. The Kier molecular flexibility index (Phi) is 3.91. The minimum atomic E-state index is 0.820. The van der Waals surface area contributed by atoms with Crippen molar-refractivity contribution in [3.05, 3.63) is 29.8 Å². The highest BCUT2D eigenvalue weighted by Crippen LogP contribution is 2.35. The molecule has 1 aromatic rings. The number of nitrogens with one attached hydrogen (secondary N) is 1. The van der Waals surface area contributed by atoms with Gasteiger partial charge in [0.15, 0.2) is 5.17 Å². The number of hydrogen-bond acceptors (Lipinski definition) is 4. The number of amidine groups is 1. The Morgan fingerprint density at radius 2 is 1.95 bits per heavy atom. The molecule has 0 amide bonds. The third-order valence-electron chi connectivity index (χ3n) is 5.09. The summed E-state index contributed by atoms with van der Waals surface area (Å²) in [6, 6.07) is 10.2. The number of anilines is 1. The van der Waals surface area contributed by atoms with Crippen molar-refractivity contribution in [3.8, 4) is 0 Å². The van der Waals surface area contributed by atoms with E-state index in [0.717, 1.165) is 29.5 Å². The predicted molar refractivity (Wildman–Crippen MR) is 91.0 cm³/mol.